The smallest absolute Gasteiger partial charge is 0.0240 e. The first-order valence-corrected chi connectivity index (χ1v) is 9.84. The summed E-state index contributed by atoms with van der Waals surface area (Å²) in [7, 11) is 0. The minimum absolute atomic E-state index is 0.709. The Morgan fingerprint density at radius 1 is 1.00 bits per heavy atom. The van der Waals surface area contributed by atoms with Gasteiger partial charge in [-0.15, -0.1) is 0 Å². The second-order valence-corrected chi connectivity index (χ2v) is 9.13. The standard InChI is InChI=1S/C21H40/c1-8-10-16(5)21(14-18(21)7)13-17(6)20(11-12-20)19(9-2)15(3)4/h15-19H,8-14H2,1-7H3. The van der Waals surface area contributed by atoms with E-state index in [1.807, 2.05) is 0 Å². The molecule has 0 N–H and O–H groups in total. The lowest BCUT2D eigenvalue weighted by Crippen LogP contribution is -2.30. The number of hydrogen-bond donors (Lipinski definition) is 0. The summed E-state index contributed by atoms with van der Waals surface area (Å²) >= 11 is 0. The van der Waals surface area contributed by atoms with Gasteiger partial charge in [0, 0.05) is 0 Å². The summed E-state index contributed by atoms with van der Waals surface area (Å²) in [6.45, 7) is 17.3. The molecule has 5 atom stereocenters. The largest absolute Gasteiger partial charge is 0.0654 e. The van der Waals surface area contributed by atoms with E-state index >= 15 is 0 Å². The highest BCUT2D eigenvalue weighted by Crippen LogP contribution is 2.68. The summed E-state index contributed by atoms with van der Waals surface area (Å²) in [5.41, 5.74) is 1.42. The fraction of sp³-hybridized carbons (Fsp3) is 1.00. The molecule has 2 rings (SSSR count). The van der Waals surface area contributed by atoms with Gasteiger partial charge in [0.1, 0.15) is 0 Å². The molecule has 0 bridgehead atoms. The lowest BCUT2D eigenvalue weighted by atomic mass is 9.67. The molecule has 21 heavy (non-hydrogen) atoms. The minimum Gasteiger partial charge on any atom is -0.0654 e. The van der Waals surface area contributed by atoms with Gasteiger partial charge in [-0.05, 0) is 66.1 Å². The van der Waals surface area contributed by atoms with Gasteiger partial charge >= 0.3 is 0 Å². The van der Waals surface area contributed by atoms with Crippen molar-refractivity contribution in [3.05, 3.63) is 0 Å². The molecule has 0 aromatic heterocycles. The van der Waals surface area contributed by atoms with Crippen LogP contribution in [0.25, 0.3) is 0 Å². The van der Waals surface area contributed by atoms with Gasteiger partial charge in [-0.25, -0.2) is 0 Å². The number of hydrogen-bond acceptors (Lipinski definition) is 0. The van der Waals surface area contributed by atoms with E-state index in [0.29, 0.717) is 10.8 Å². The molecule has 2 fully saturated rings. The van der Waals surface area contributed by atoms with Crippen LogP contribution in [0.2, 0.25) is 0 Å². The SMILES string of the molecule is CCCC(C)C1(CC(C)C2(C(CC)C(C)C)CC2)CC1C. The van der Waals surface area contributed by atoms with Crippen LogP contribution in [-0.4, -0.2) is 0 Å². The van der Waals surface area contributed by atoms with Crippen LogP contribution < -0.4 is 0 Å². The summed E-state index contributed by atoms with van der Waals surface area (Å²) in [6.07, 6.45) is 10.2. The molecular weight excluding hydrogens is 252 g/mol. The Hall–Kier alpha value is 0. The first-order valence-electron chi connectivity index (χ1n) is 9.84. The molecule has 2 aliphatic carbocycles. The summed E-state index contributed by atoms with van der Waals surface area (Å²) in [5.74, 6) is 4.68. The summed E-state index contributed by atoms with van der Waals surface area (Å²) < 4.78 is 0. The van der Waals surface area contributed by atoms with Crippen molar-refractivity contribution in [1.29, 1.82) is 0 Å². The van der Waals surface area contributed by atoms with Crippen molar-refractivity contribution >= 4 is 0 Å². The van der Waals surface area contributed by atoms with E-state index in [4.69, 9.17) is 0 Å². The second-order valence-electron chi connectivity index (χ2n) is 9.13. The molecule has 124 valence electrons. The van der Waals surface area contributed by atoms with Gasteiger partial charge < -0.3 is 0 Å². The lowest BCUT2D eigenvalue weighted by molar-refractivity contribution is 0.111. The third-order valence-electron chi connectivity index (χ3n) is 7.69. The molecule has 0 radical (unpaired) electrons. The Bertz CT molecular complexity index is 338. The van der Waals surface area contributed by atoms with Crippen molar-refractivity contribution in [2.75, 3.05) is 0 Å². The summed E-state index contributed by atoms with van der Waals surface area (Å²) in [6, 6.07) is 0. The van der Waals surface area contributed by atoms with E-state index in [9.17, 15) is 0 Å². The molecule has 0 aliphatic heterocycles. The third-order valence-corrected chi connectivity index (χ3v) is 7.69. The summed E-state index contributed by atoms with van der Waals surface area (Å²) in [4.78, 5) is 0. The van der Waals surface area contributed by atoms with Gasteiger partial charge in [0.2, 0.25) is 0 Å². The Labute approximate surface area is 134 Å². The second kappa shape index (κ2) is 6.25. The Morgan fingerprint density at radius 3 is 1.90 bits per heavy atom. The highest BCUT2D eigenvalue weighted by atomic mass is 14.6. The van der Waals surface area contributed by atoms with Crippen LogP contribution in [0.4, 0.5) is 0 Å². The molecule has 0 aromatic carbocycles. The molecule has 0 heteroatoms. The lowest BCUT2D eigenvalue weighted by Gasteiger charge is -2.38. The zero-order chi connectivity index (χ0) is 15.8. The monoisotopic (exact) mass is 292 g/mol. The molecule has 0 aromatic rings. The highest BCUT2D eigenvalue weighted by Gasteiger charge is 2.59. The zero-order valence-corrected chi connectivity index (χ0v) is 15.8. The minimum atomic E-state index is 0.709. The number of rotatable bonds is 9. The predicted octanol–water partition coefficient (Wildman–Crippen LogP) is 6.94. The van der Waals surface area contributed by atoms with E-state index in [-0.39, 0.29) is 0 Å². The van der Waals surface area contributed by atoms with Crippen molar-refractivity contribution in [3.63, 3.8) is 0 Å². The molecule has 2 saturated carbocycles. The van der Waals surface area contributed by atoms with Gasteiger partial charge in [0.05, 0.1) is 0 Å². The Kier molecular flexibility index (Phi) is 5.16. The molecular formula is C21H40. The molecule has 2 aliphatic rings. The van der Waals surface area contributed by atoms with Crippen LogP contribution in [0.3, 0.4) is 0 Å². The van der Waals surface area contributed by atoms with Gasteiger partial charge in [0.25, 0.3) is 0 Å². The fourth-order valence-corrected chi connectivity index (χ4v) is 6.09. The summed E-state index contributed by atoms with van der Waals surface area (Å²) in [5, 5.41) is 0. The normalized spacial score (nSPS) is 34.6. The quantitative estimate of drug-likeness (QED) is 0.432. The van der Waals surface area contributed by atoms with Crippen molar-refractivity contribution in [1.82, 2.24) is 0 Å². The zero-order valence-electron chi connectivity index (χ0n) is 15.8. The van der Waals surface area contributed by atoms with Gasteiger partial charge in [0.15, 0.2) is 0 Å². The maximum Gasteiger partial charge on any atom is -0.0240 e. The molecule has 5 unspecified atom stereocenters. The molecule has 0 saturated heterocycles. The van der Waals surface area contributed by atoms with E-state index in [1.165, 1.54) is 44.9 Å². The molecule has 0 spiro atoms. The maximum atomic E-state index is 2.60. The first-order chi connectivity index (χ1) is 9.84. The first kappa shape index (κ1) is 17.4. The van der Waals surface area contributed by atoms with Crippen molar-refractivity contribution in [2.24, 2.45) is 40.4 Å². The van der Waals surface area contributed by atoms with Crippen LogP contribution in [-0.2, 0) is 0 Å². The van der Waals surface area contributed by atoms with Crippen LogP contribution in [0.15, 0.2) is 0 Å². The predicted molar refractivity (Wildman–Crippen MR) is 94.4 cm³/mol. The Morgan fingerprint density at radius 2 is 1.57 bits per heavy atom. The van der Waals surface area contributed by atoms with E-state index in [0.717, 1.165) is 29.6 Å². The van der Waals surface area contributed by atoms with Crippen LogP contribution >= 0.6 is 0 Å². The van der Waals surface area contributed by atoms with Gasteiger partial charge in [-0.1, -0.05) is 67.7 Å². The van der Waals surface area contributed by atoms with Crippen molar-refractivity contribution in [2.45, 2.75) is 93.4 Å². The van der Waals surface area contributed by atoms with E-state index in [1.54, 1.807) is 0 Å². The molecule has 0 heterocycles. The average molecular weight is 293 g/mol. The van der Waals surface area contributed by atoms with Crippen LogP contribution in [0.1, 0.15) is 93.4 Å². The van der Waals surface area contributed by atoms with Crippen LogP contribution in [0, 0.1) is 40.4 Å². The van der Waals surface area contributed by atoms with Crippen LogP contribution in [0.5, 0.6) is 0 Å². The van der Waals surface area contributed by atoms with Crippen molar-refractivity contribution in [3.8, 4) is 0 Å². The fourth-order valence-electron chi connectivity index (χ4n) is 6.09. The highest BCUT2D eigenvalue weighted by molar-refractivity contribution is 5.09. The average Bonchev–Trinajstić information content (AvgIpc) is 3.29. The van der Waals surface area contributed by atoms with Gasteiger partial charge in [-0.2, -0.15) is 0 Å². The van der Waals surface area contributed by atoms with E-state index < -0.39 is 0 Å². The van der Waals surface area contributed by atoms with Gasteiger partial charge in [-0.3, -0.25) is 0 Å². The Balaban J connectivity index is 2.05. The third kappa shape index (κ3) is 3.06. The molecule has 0 nitrogen and oxygen atoms in total. The topological polar surface area (TPSA) is 0 Å². The maximum absolute atomic E-state index is 2.60. The van der Waals surface area contributed by atoms with E-state index in [2.05, 4.69) is 48.5 Å². The molecule has 0 amide bonds. The van der Waals surface area contributed by atoms with Crippen molar-refractivity contribution < 1.29 is 0 Å².